The number of rotatable bonds is 6. The summed E-state index contributed by atoms with van der Waals surface area (Å²) >= 11 is 0. The Hall–Kier alpha value is -2.21. The largest absolute Gasteiger partial charge is 0.481 e. The molecule has 26 heavy (non-hydrogen) atoms. The van der Waals surface area contributed by atoms with Crippen molar-refractivity contribution in [3.63, 3.8) is 0 Å². The first-order chi connectivity index (χ1) is 12.6. The molecule has 0 spiro atoms. The molecule has 0 amide bonds. The van der Waals surface area contributed by atoms with Gasteiger partial charge in [0.25, 0.3) is 0 Å². The number of aromatic nitrogens is 3. The minimum absolute atomic E-state index is 0.143. The van der Waals surface area contributed by atoms with Crippen molar-refractivity contribution >= 4 is 0 Å². The molecule has 1 aliphatic carbocycles. The standard InChI is InChI=1S/C20H26N4O2/c1-12(15-6-7-18(25-3)22-11-15)26-20-19-16(23-13(2)24-20)8-9-21-17(19)10-14-4-5-14/h6-7,11-12,14,17,21H,4-5,8-10H2,1-3H3. The van der Waals surface area contributed by atoms with Gasteiger partial charge in [-0.25, -0.2) is 9.97 Å². The summed E-state index contributed by atoms with van der Waals surface area (Å²) < 4.78 is 11.4. The van der Waals surface area contributed by atoms with E-state index < -0.39 is 0 Å². The molecule has 2 unspecified atom stereocenters. The van der Waals surface area contributed by atoms with Gasteiger partial charge in [-0.05, 0) is 32.3 Å². The van der Waals surface area contributed by atoms with E-state index in [9.17, 15) is 0 Å². The van der Waals surface area contributed by atoms with Crippen LogP contribution in [0.5, 0.6) is 11.8 Å². The Morgan fingerprint density at radius 3 is 2.81 bits per heavy atom. The van der Waals surface area contributed by atoms with Gasteiger partial charge in [-0.1, -0.05) is 12.8 Å². The molecular weight excluding hydrogens is 328 g/mol. The van der Waals surface area contributed by atoms with Gasteiger partial charge in [0, 0.05) is 36.8 Å². The van der Waals surface area contributed by atoms with Crippen molar-refractivity contribution < 1.29 is 9.47 Å². The smallest absolute Gasteiger partial charge is 0.222 e. The number of fused-ring (bicyclic) bond motifs is 1. The maximum atomic E-state index is 6.31. The Kier molecular flexibility index (Phi) is 4.76. The number of pyridine rings is 1. The van der Waals surface area contributed by atoms with Crippen LogP contribution in [0, 0.1) is 12.8 Å². The molecule has 0 aromatic carbocycles. The summed E-state index contributed by atoms with van der Waals surface area (Å²) in [6, 6.07) is 4.13. The van der Waals surface area contributed by atoms with E-state index in [1.165, 1.54) is 12.8 Å². The fraction of sp³-hybridized carbons (Fsp3) is 0.550. The van der Waals surface area contributed by atoms with E-state index in [4.69, 9.17) is 14.5 Å². The minimum atomic E-state index is -0.143. The lowest BCUT2D eigenvalue weighted by Gasteiger charge is -2.29. The average molecular weight is 354 g/mol. The van der Waals surface area contributed by atoms with Crippen molar-refractivity contribution in [2.75, 3.05) is 13.7 Å². The third-order valence-corrected chi connectivity index (χ3v) is 5.19. The zero-order chi connectivity index (χ0) is 18.1. The highest BCUT2D eigenvalue weighted by Gasteiger charge is 2.32. The number of aryl methyl sites for hydroxylation is 1. The second-order valence-corrected chi connectivity index (χ2v) is 7.27. The monoisotopic (exact) mass is 354 g/mol. The Morgan fingerprint density at radius 1 is 1.27 bits per heavy atom. The molecule has 0 saturated heterocycles. The van der Waals surface area contributed by atoms with Crippen molar-refractivity contribution in [1.82, 2.24) is 20.3 Å². The Balaban J connectivity index is 1.61. The quantitative estimate of drug-likeness (QED) is 0.858. The number of ether oxygens (including phenoxy) is 2. The van der Waals surface area contributed by atoms with Crippen LogP contribution in [0.15, 0.2) is 18.3 Å². The van der Waals surface area contributed by atoms with Crippen LogP contribution in [0.1, 0.15) is 61.0 Å². The molecule has 0 bridgehead atoms. The number of hydrogen-bond donors (Lipinski definition) is 1. The van der Waals surface area contributed by atoms with Gasteiger partial charge >= 0.3 is 0 Å². The molecule has 6 nitrogen and oxygen atoms in total. The van der Waals surface area contributed by atoms with Crippen LogP contribution < -0.4 is 14.8 Å². The number of hydrogen-bond acceptors (Lipinski definition) is 6. The average Bonchev–Trinajstić information content (AvgIpc) is 3.45. The van der Waals surface area contributed by atoms with Crippen LogP contribution in [0.4, 0.5) is 0 Å². The molecule has 2 atom stereocenters. The molecular formula is C20H26N4O2. The van der Waals surface area contributed by atoms with Gasteiger partial charge in [0.05, 0.1) is 18.4 Å². The van der Waals surface area contributed by atoms with E-state index in [-0.39, 0.29) is 6.10 Å². The van der Waals surface area contributed by atoms with Crippen molar-refractivity contribution in [2.45, 2.75) is 51.7 Å². The van der Waals surface area contributed by atoms with E-state index in [1.807, 2.05) is 26.0 Å². The molecule has 6 heteroatoms. The van der Waals surface area contributed by atoms with Crippen LogP contribution in [0.3, 0.4) is 0 Å². The first-order valence-corrected chi connectivity index (χ1v) is 9.41. The molecule has 2 aliphatic rings. The topological polar surface area (TPSA) is 69.2 Å². The SMILES string of the molecule is COc1ccc(C(C)Oc2nc(C)nc3c2C(CC2CC2)NCC3)cn1. The molecule has 1 N–H and O–H groups in total. The highest BCUT2D eigenvalue weighted by molar-refractivity contribution is 5.37. The first-order valence-electron chi connectivity index (χ1n) is 9.41. The number of nitrogens with one attached hydrogen (secondary N) is 1. The highest BCUT2D eigenvalue weighted by Crippen LogP contribution is 2.42. The number of methoxy groups -OCH3 is 1. The second kappa shape index (κ2) is 7.19. The second-order valence-electron chi connectivity index (χ2n) is 7.27. The lowest BCUT2D eigenvalue weighted by molar-refractivity contribution is 0.208. The van der Waals surface area contributed by atoms with Crippen molar-refractivity contribution in [1.29, 1.82) is 0 Å². The Morgan fingerprint density at radius 2 is 2.12 bits per heavy atom. The van der Waals surface area contributed by atoms with Crippen LogP contribution in [0.2, 0.25) is 0 Å². The summed E-state index contributed by atoms with van der Waals surface area (Å²) in [7, 11) is 1.62. The summed E-state index contributed by atoms with van der Waals surface area (Å²) in [6.07, 6.45) is 6.40. The molecule has 138 valence electrons. The molecule has 4 rings (SSSR count). The molecule has 2 aromatic rings. The molecule has 1 aliphatic heterocycles. The van der Waals surface area contributed by atoms with E-state index in [1.54, 1.807) is 13.3 Å². The summed E-state index contributed by atoms with van der Waals surface area (Å²) in [5, 5.41) is 3.65. The third kappa shape index (κ3) is 3.65. The van der Waals surface area contributed by atoms with Crippen molar-refractivity contribution in [3.05, 3.63) is 41.0 Å². The first kappa shape index (κ1) is 17.2. The zero-order valence-electron chi connectivity index (χ0n) is 15.7. The molecule has 1 fully saturated rings. The predicted molar refractivity (Wildman–Crippen MR) is 98.4 cm³/mol. The van der Waals surface area contributed by atoms with E-state index in [0.717, 1.165) is 47.9 Å². The zero-order valence-corrected chi connectivity index (χ0v) is 15.7. The van der Waals surface area contributed by atoms with E-state index >= 15 is 0 Å². The maximum Gasteiger partial charge on any atom is 0.222 e. The van der Waals surface area contributed by atoms with Crippen LogP contribution in [-0.4, -0.2) is 28.6 Å². The van der Waals surface area contributed by atoms with Crippen molar-refractivity contribution in [3.8, 4) is 11.8 Å². The van der Waals surface area contributed by atoms with Crippen LogP contribution >= 0.6 is 0 Å². The normalized spacial score (nSPS) is 20.3. The van der Waals surface area contributed by atoms with Gasteiger partial charge in [0.1, 0.15) is 11.9 Å². The van der Waals surface area contributed by atoms with Crippen LogP contribution in [-0.2, 0) is 6.42 Å². The predicted octanol–water partition coefficient (Wildman–Crippen LogP) is 3.32. The molecule has 0 radical (unpaired) electrons. The van der Waals surface area contributed by atoms with Gasteiger partial charge in [-0.2, -0.15) is 4.98 Å². The fourth-order valence-electron chi connectivity index (χ4n) is 3.59. The molecule has 1 saturated carbocycles. The lowest BCUT2D eigenvalue weighted by Crippen LogP contribution is -2.32. The Labute approximate surface area is 154 Å². The van der Waals surface area contributed by atoms with Crippen molar-refractivity contribution in [2.24, 2.45) is 5.92 Å². The number of nitrogens with zero attached hydrogens (tertiary/aromatic N) is 3. The summed E-state index contributed by atoms with van der Waals surface area (Å²) in [4.78, 5) is 13.6. The van der Waals surface area contributed by atoms with E-state index in [0.29, 0.717) is 17.8 Å². The summed E-state index contributed by atoms with van der Waals surface area (Å²) in [5.41, 5.74) is 3.29. The van der Waals surface area contributed by atoms with Crippen LogP contribution in [0.25, 0.3) is 0 Å². The minimum Gasteiger partial charge on any atom is -0.481 e. The van der Waals surface area contributed by atoms with Gasteiger partial charge in [0.2, 0.25) is 11.8 Å². The third-order valence-electron chi connectivity index (χ3n) is 5.19. The maximum absolute atomic E-state index is 6.31. The van der Waals surface area contributed by atoms with Gasteiger partial charge in [-0.15, -0.1) is 0 Å². The van der Waals surface area contributed by atoms with E-state index in [2.05, 4.69) is 15.3 Å². The van der Waals surface area contributed by atoms with Gasteiger partial charge < -0.3 is 14.8 Å². The molecule has 2 aromatic heterocycles. The fourth-order valence-corrected chi connectivity index (χ4v) is 3.59. The lowest BCUT2D eigenvalue weighted by atomic mass is 9.95. The summed E-state index contributed by atoms with van der Waals surface area (Å²) in [6.45, 7) is 4.93. The van der Waals surface area contributed by atoms with Gasteiger partial charge in [0.15, 0.2) is 0 Å². The summed E-state index contributed by atoms with van der Waals surface area (Å²) in [5.74, 6) is 2.92. The van der Waals surface area contributed by atoms with Gasteiger partial charge in [-0.3, -0.25) is 0 Å². The Bertz CT molecular complexity index is 774. The highest BCUT2D eigenvalue weighted by atomic mass is 16.5. The molecule has 3 heterocycles.